The smallest absolute Gasteiger partial charge is 0.205 e. The lowest BCUT2D eigenvalue weighted by molar-refractivity contribution is 0.103. The zero-order valence-corrected chi connectivity index (χ0v) is 12.2. The summed E-state index contributed by atoms with van der Waals surface area (Å²) < 4.78 is 0. The number of halogens is 1. The van der Waals surface area contributed by atoms with Crippen molar-refractivity contribution >= 4 is 23.1 Å². The molecule has 0 aliphatic heterocycles. The number of carbonyl (C=O) groups is 1. The van der Waals surface area contributed by atoms with Crippen molar-refractivity contribution < 1.29 is 4.79 Å². The number of hydrogen-bond donors (Lipinski definition) is 1. The first kappa shape index (κ1) is 14.8. The van der Waals surface area contributed by atoms with Gasteiger partial charge in [0, 0.05) is 17.6 Å². The van der Waals surface area contributed by atoms with Crippen LogP contribution in [-0.4, -0.2) is 12.8 Å². The van der Waals surface area contributed by atoms with Gasteiger partial charge in [0.25, 0.3) is 0 Å². The van der Waals surface area contributed by atoms with Gasteiger partial charge in [-0.05, 0) is 17.7 Å². The molecule has 0 unspecified atom stereocenters. The third kappa shape index (κ3) is 3.31. The maximum atomic E-state index is 12.5. The van der Waals surface area contributed by atoms with Crippen LogP contribution in [0.1, 0.15) is 15.9 Å². The number of nitriles is 1. The van der Waals surface area contributed by atoms with Crippen molar-refractivity contribution in [2.75, 3.05) is 7.05 Å². The minimum Gasteiger partial charge on any atom is -0.386 e. The highest BCUT2D eigenvalue weighted by atomic mass is 35.5. The molecule has 4 heteroatoms. The fraction of sp³-hybridized carbons (Fsp3) is 0.0588. The summed E-state index contributed by atoms with van der Waals surface area (Å²) in [6, 6.07) is 17.8. The largest absolute Gasteiger partial charge is 0.386 e. The van der Waals surface area contributed by atoms with Gasteiger partial charge in [-0.3, -0.25) is 4.79 Å². The van der Waals surface area contributed by atoms with Gasteiger partial charge in [-0.25, -0.2) is 0 Å². The molecule has 0 radical (unpaired) electrons. The Labute approximate surface area is 128 Å². The van der Waals surface area contributed by atoms with Gasteiger partial charge in [0.2, 0.25) is 5.78 Å². The van der Waals surface area contributed by atoms with Gasteiger partial charge in [0.15, 0.2) is 0 Å². The van der Waals surface area contributed by atoms with Crippen molar-refractivity contribution in [2.45, 2.75) is 0 Å². The van der Waals surface area contributed by atoms with Gasteiger partial charge in [0.05, 0.1) is 5.70 Å². The third-order valence-electron chi connectivity index (χ3n) is 2.99. The molecule has 104 valence electrons. The Morgan fingerprint density at radius 3 is 2.33 bits per heavy atom. The Bertz CT molecular complexity index is 730. The molecule has 1 N–H and O–H groups in total. The van der Waals surface area contributed by atoms with Crippen LogP contribution in [-0.2, 0) is 0 Å². The highest BCUT2D eigenvalue weighted by Crippen LogP contribution is 2.20. The molecule has 0 amide bonds. The minimum atomic E-state index is -0.354. The third-order valence-corrected chi connectivity index (χ3v) is 3.22. The topological polar surface area (TPSA) is 52.9 Å². The molecule has 2 rings (SSSR count). The first-order valence-corrected chi connectivity index (χ1v) is 6.73. The highest BCUT2D eigenvalue weighted by molar-refractivity contribution is 6.31. The molecule has 0 aliphatic carbocycles. The number of rotatable bonds is 4. The minimum absolute atomic E-state index is 0.0611. The predicted molar refractivity (Wildman–Crippen MR) is 83.8 cm³/mol. The Kier molecular flexibility index (Phi) is 4.76. The maximum Gasteiger partial charge on any atom is 0.205 e. The molecule has 0 saturated heterocycles. The van der Waals surface area contributed by atoms with Crippen LogP contribution in [0.4, 0.5) is 0 Å². The van der Waals surface area contributed by atoms with Gasteiger partial charge >= 0.3 is 0 Å². The van der Waals surface area contributed by atoms with Crippen molar-refractivity contribution in [3.05, 3.63) is 76.3 Å². The monoisotopic (exact) mass is 296 g/mol. The van der Waals surface area contributed by atoms with Crippen LogP contribution in [0.2, 0.25) is 5.02 Å². The number of hydrogen-bond acceptors (Lipinski definition) is 3. The van der Waals surface area contributed by atoms with E-state index in [1.165, 1.54) is 0 Å². The quantitative estimate of drug-likeness (QED) is 0.532. The number of allylic oxidation sites excluding steroid dienone is 1. The molecule has 3 nitrogen and oxygen atoms in total. The van der Waals surface area contributed by atoms with Crippen molar-refractivity contribution in [1.82, 2.24) is 5.32 Å². The standard InChI is InChI=1S/C17H13ClN2O/c1-20-16(12-6-3-2-4-7-12)15(11-19)17(21)13-8-5-9-14(18)10-13/h2-10,20H,1H3/b16-15-. The van der Waals surface area contributed by atoms with Gasteiger partial charge in [-0.1, -0.05) is 54.1 Å². The molecule has 2 aromatic carbocycles. The molecule has 2 aromatic rings. The SMILES string of the molecule is CN/C(=C(/C#N)C(=O)c1cccc(Cl)c1)c1ccccc1. The normalized spacial score (nSPS) is 11.3. The average molecular weight is 297 g/mol. The van der Waals surface area contributed by atoms with Crippen LogP contribution in [0.15, 0.2) is 60.2 Å². The second kappa shape index (κ2) is 6.74. The van der Waals surface area contributed by atoms with Gasteiger partial charge in [0.1, 0.15) is 11.6 Å². The maximum absolute atomic E-state index is 12.5. The summed E-state index contributed by atoms with van der Waals surface area (Å²) in [6.07, 6.45) is 0. The lowest BCUT2D eigenvalue weighted by Gasteiger charge is -2.10. The van der Waals surface area contributed by atoms with E-state index in [4.69, 9.17) is 11.6 Å². The summed E-state index contributed by atoms with van der Waals surface area (Å²) in [5.41, 5.74) is 1.74. The molecular weight excluding hydrogens is 284 g/mol. The molecule has 0 fully saturated rings. The van der Waals surface area contributed by atoms with Gasteiger partial charge in [-0.15, -0.1) is 0 Å². The molecule has 0 atom stereocenters. The fourth-order valence-electron chi connectivity index (χ4n) is 2.01. The van der Waals surface area contributed by atoms with Crippen LogP contribution in [0.3, 0.4) is 0 Å². The summed E-state index contributed by atoms with van der Waals surface area (Å²) in [5, 5.41) is 12.8. The first-order valence-electron chi connectivity index (χ1n) is 6.35. The molecule has 0 bridgehead atoms. The van der Waals surface area contributed by atoms with E-state index in [2.05, 4.69) is 5.32 Å². The molecule has 0 saturated carbocycles. The second-order valence-corrected chi connectivity index (χ2v) is 4.75. The Hall–Kier alpha value is -2.57. The van der Waals surface area contributed by atoms with Crippen LogP contribution < -0.4 is 5.32 Å². The summed E-state index contributed by atoms with van der Waals surface area (Å²) in [4.78, 5) is 12.5. The lowest BCUT2D eigenvalue weighted by Crippen LogP contribution is -2.13. The van der Waals surface area contributed by atoms with E-state index in [0.29, 0.717) is 16.3 Å². The number of benzene rings is 2. The van der Waals surface area contributed by atoms with Crippen LogP contribution in [0.25, 0.3) is 5.70 Å². The molecular formula is C17H13ClN2O. The van der Waals surface area contributed by atoms with E-state index in [1.54, 1.807) is 31.3 Å². The highest BCUT2D eigenvalue weighted by Gasteiger charge is 2.18. The Morgan fingerprint density at radius 1 is 1.10 bits per heavy atom. The van der Waals surface area contributed by atoms with Crippen LogP contribution in [0.5, 0.6) is 0 Å². The number of ketones is 1. The summed E-state index contributed by atoms with van der Waals surface area (Å²) >= 11 is 5.90. The van der Waals surface area contributed by atoms with E-state index in [-0.39, 0.29) is 11.4 Å². The summed E-state index contributed by atoms with van der Waals surface area (Å²) in [5.74, 6) is -0.354. The molecule has 21 heavy (non-hydrogen) atoms. The van der Waals surface area contributed by atoms with Crippen molar-refractivity contribution in [3.63, 3.8) is 0 Å². The van der Waals surface area contributed by atoms with E-state index in [1.807, 2.05) is 36.4 Å². The van der Waals surface area contributed by atoms with Gasteiger partial charge < -0.3 is 5.32 Å². The Morgan fingerprint density at radius 2 is 1.76 bits per heavy atom. The van der Waals surface area contributed by atoms with Crippen LogP contribution >= 0.6 is 11.6 Å². The fourth-order valence-corrected chi connectivity index (χ4v) is 2.20. The zero-order valence-electron chi connectivity index (χ0n) is 11.4. The lowest BCUT2D eigenvalue weighted by atomic mass is 9.99. The van der Waals surface area contributed by atoms with Crippen molar-refractivity contribution in [1.29, 1.82) is 5.26 Å². The van der Waals surface area contributed by atoms with Crippen LogP contribution in [0, 0.1) is 11.3 Å². The summed E-state index contributed by atoms with van der Waals surface area (Å²) in [7, 11) is 1.69. The molecule has 0 spiro atoms. The van der Waals surface area contributed by atoms with E-state index >= 15 is 0 Å². The number of carbonyl (C=O) groups excluding carboxylic acids is 1. The second-order valence-electron chi connectivity index (χ2n) is 4.32. The van der Waals surface area contributed by atoms with E-state index < -0.39 is 0 Å². The predicted octanol–water partition coefficient (Wildman–Crippen LogP) is 3.68. The first-order chi connectivity index (χ1) is 10.2. The number of nitrogens with one attached hydrogen (secondary N) is 1. The molecule has 0 aliphatic rings. The zero-order chi connectivity index (χ0) is 15.2. The van der Waals surface area contributed by atoms with E-state index in [0.717, 1.165) is 5.56 Å². The number of Topliss-reactive ketones (excluding diaryl/α,β-unsaturated/α-hetero) is 1. The Balaban J connectivity index is 2.54. The van der Waals surface area contributed by atoms with E-state index in [9.17, 15) is 10.1 Å². The van der Waals surface area contributed by atoms with Crippen molar-refractivity contribution in [2.24, 2.45) is 0 Å². The van der Waals surface area contributed by atoms with Gasteiger partial charge in [-0.2, -0.15) is 5.26 Å². The molecule has 0 heterocycles. The molecule has 0 aromatic heterocycles. The van der Waals surface area contributed by atoms with Crippen molar-refractivity contribution in [3.8, 4) is 6.07 Å². The number of nitrogens with zero attached hydrogens (tertiary/aromatic N) is 1. The summed E-state index contributed by atoms with van der Waals surface area (Å²) in [6.45, 7) is 0. The average Bonchev–Trinajstić information content (AvgIpc) is 2.52.